The van der Waals surface area contributed by atoms with Gasteiger partial charge >= 0.3 is 0 Å². The lowest BCUT2D eigenvalue weighted by Crippen LogP contribution is -2.64. The van der Waals surface area contributed by atoms with Crippen molar-refractivity contribution in [2.24, 2.45) is 0 Å². The average molecular weight is 287 g/mol. The molecular weight excluding hydrogens is 272 g/mol. The van der Waals surface area contributed by atoms with Gasteiger partial charge in [0.05, 0.1) is 18.8 Å². The summed E-state index contributed by atoms with van der Waals surface area (Å²) in [7, 11) is 3.32. The molecular formula is C11H15BrN2O2. The van der Waals surface area contributed by atoms with Crippen LogP contribution in [-0.4, -0.2) is 33.1 Å². The number of ether oxygens (including phenoxy) is 2. The topological polar surface area (TPSA) is 47.7 Å². The molecule has 0 spiro atoms. The van der Waals surface area contributed by atoms with Crippen LogP contribution >= 0.6 is 15.9 Å². The van der Waals surface area contributed by atoms with Crippen molar-refractivity contribution in [3.8, 4) is 0 Å². The largest absolute Gasteiger partial charge is 0.399 e. The zero-order valence-corrected chi connectivity index (χ0v) is 11.0. The highest BCUT2D eigenvalue weighted by atomic mass is 79.9. The number of hydrogen-bond donors (Lipinski definition) is 1. The van der Waals surface area contributed by atoms with Gasteiger partial charge in [0, 0.05) is 24.4 Å². The molecule has 88 valence electrons. The summed E-state index contributed by atoms with van der Waals surface area (Å²) in [6.45, 7) is 1.42. The SMILES string of the molecule is COC1(OC)CN(c2cc(N)ccc2Br)C1. The van der Waals surface area contributed by atoms with Gasteiger partial charge in [-0.25, -0.2) is 0 Å². The number of hydrogen-bond acceptors (Lipinski definition) is 4. The van der Waals surface area contributed by atoms with E-state index in [-0.39, 0.29) is 0 Å². The van der Waals surface area contributed by atoms with Gasteiger partial charge in [-0.15, -0.1) is 0 Å². The first-order chi connectivity index (χ1) is 7.60. The maximum Gasteiger partial charge on any atom is 0.203 e. The van der Waals surface area contributed by atoms with E-state index in [1.807, 2.05) is 18.2 Å². The molecule has 5 heteroatoms. The lowest BCUT2D eigenvalue weighted by atomic mass is 10.1. The number of methoxy groups -OCH3 is 2. The molecule has 1 aromatic carbocycles. The quantitative estimate of drug-likeness (QED) is 0.680. The van der Waals surface area contributed by atoms with E-state index in [1.165, 1.54) is 0 Å². The lowest BCUT2D eigenvalue weighted by molar-refractivity contribution is -0.219. The number of benzene rings is 1. The average Bonchev–Trinajstić information content (AvgIpc) is 2.23. The Morgan fingerprint density at radius 2 is 1.94 bits per heavy atom. The van der Waals surface area contributed by atoms with Crippen LogP contribution in [-0.2, 0) is 9.47 Å². The first-order valence-electron chi connectivity index (χ1n) is 5.00. The monoisotopic (exact) mass is 286 g/mol. The van der Waals surface area contributed by atoms with E-state index in [4.69, 9.17) is 15.2 Å². The highest BCUT2D eigenvalue weighted by Gasteiger charge is 2.44. The first-order valence-corrected chi connectivity index (χ1v) is 5.80. The van der Waals surface area contributed by atoms with Crippen LogP contribution in [0.4, 0.5) is 11.4 Å². The van der Waals surface area contributed by atoms with Crippen LogP contribution in [0, 0.1) is 0 Å². The molecule has 4 nitrogen and oxygen atoms in total. The van der Waals surface area contributed by atoms with Crippen LogP contribution in [0.3, 0.4) is 0 Å². The molecule has 1 fully saturated rings. The molecule has 16 heavy (non-hydrogen) atoms. The third-order valence-electron chi connectivity index (χ3n) is 2.92. The fourth-order valence-electron chi connectivity index (χ4n) is 1.82. The van der Waals surface area contributed by atoms with Crippen molar-refractivity contribution in [3.05, 3.63) is 22.7 Å². The fraction of sp³-hybridized carbons (Fsp3) is 0.455. The van der Waals surface area contributed by atoms with E-state index in [2.05, 4.69) is 20.8 Å². The van der Waals surface area contributed by atoms with E-state index in [0.29, 0.717) is 13.1 Å². The number of rotatable bonds is 3. The smallest absolute Gasteiger partial charge is 0.203 e. The highest BCUT2D eigenvalue weighted by molar-refractivity contribution is 9.10. The fourth-order valence-corrected chi connectivity index (χ4v) is 2.32. The normalized spacial score (nSPS) is 18.3. The van der Waals surface area contributed by atoms with Crippen molar-refractivity contribution < 1.29 is 9.47 Å². The minimum Gasteiger partial charge on any atom is -0.399 e. The Kier molecular flexibility index (Phi) is 3.10. The van der Waals surface area contributed by atoms with Crippen LogP contribution in [0.15, 0.2) is 22.7 Å². The molecule has 2 N–H and O–H groups in total. The van der Waals surface area contributed by atoms with Gasteiger partial charge in [0.25, 0.3) is 0 Å². The first kappa shape index (κ1) is 11.7. The maximum atomic E-state index is 5.77. The van der Waals surface area contributed by atoms with E-state index in [9.17, 15) is 0 Å². The third-order valence-corrected chi connectivity index (χ3v) is 3.59. The molecule has 1 aliphatic rings. The van der Waals surface area contributed by atoms with Gasteiger partial charge < -0.3 is 20.1 Å². The Morgan fingerprint density at radius 1 is 1.31 bits per heavy atom. The van der Waals surface area contributed by atoms with Crippen molar-refractivity contribution in [1.29, 1.82) is 0 Å². The predicted octanol–water partition coefficient (Wildman–Crippen LogP) is 1.84. The predicted molar refractivity (Wildman–Crippen MR) is 67.5 cm³/mol. The van der Waals surface area contributed by atoms with Crippen molar-refractivity contribution >= 4 is 27.3 Å². The van der Waals surface area contributed by atoms with Crippen molar-refractivity contribution in [1.82, 2.24) is 0 Å². The number of halogens is 1. The van der Waals surface area contributed by atoms with Gasteiger partial charge in [0.1, 0.15) is 0 Å². The van der Waals surface area contributed by atoms with E-state index in [0.717, 1.165) is 15.8 Å². The maximum absolute atomic E-state index is 5.77. The van der Waals surface area contributed by atoms with Crippen LogP contribution in [0.2, 0.25) is 0 Å². The molecule has 0 unspecified atom stereocenters. The van der Waals surface area contributed by atoms with E-state index >= 15 is 0 Å². The molecule has 0 aromatic heterocycles. The molecule has 0 saturated carbocycles. The number of anilines is 2. The molecule has 0 amide bonds. The molecule has 2 rings (SSSR count). The molecule has 0 bridgehead atoms. The summed E-state index contributed by atoms with van der Waals surface area (Å²) in [5, 5.41) is 0. The molecule has 0 atom stereocenters. The van der Waals surface area contributed by atoms with Crippen LogP contribution < -0.4 is 10.6 Å². The van der Waals surface area contributed by atoms with Crippen LogP contribution in [0.25, 0.3) is 0 Å². The standard InChI is InChI=1S/C11H15BrN2O2/c1-15-11(16-2)6-14(7-11)10-5-8(13)3-4-9(10)12/h3-5H,6-7,13H2,1-2H3. The summed E-state index contributed by atoms with van der Waals surface area (Å²) in [5.74, 6) is -0.468. The zero-order chi connectivity index (χ0) is 11.8. The third kappa shape index (κ3) is 1.90. The Hall–Kier alpha value is -0.780. The molecule has 1 heterocycles. The second kappa shape index (κ2) is 4.24. The van der Waals surface area contributed by atoms with Crippen LogP contribution in [0.1, 0.15) is 0 Å². The summed E-state index contributed by atoms with van der Waals surface area (Å²) in [6, 6.07) is 5.76. The van der Waals surface area contributed by atoms with Gasteiger partial charge in [0.15, 0.2) is 0 Å². The number of nitrogens with two attached hydrogens (primary N) is 1. The summed E-state index contributed by atoms with van der Waals surface area (Å²) >= 11 is 3.51. The number of nitrogens with zero attached hydrogens (tertiary/aromatic N) is 1. The van der Waals surface area contributed by atoms with E-state index < -0.39 is 5.79 Å². The lowest BCUT2D eigenvalue weighted by Gasteiger charge is -2.49. The highest BCUT2D eigenvalue weighted by Crippen LogP contribution is 2.36. The molecule has 1 aromatic rings. The van der Waals surface area contributed by atoms with Gasteiger partial charge in [0.2, 0.25) is 5.79 Å². The number of nitrogen functional groups attached to an aromatic ring is 1. The van der Waals surface area contributed by atoms with Gasteiger partial charge in [-0.2, -0.15) is 0 Å². The molecule has 0 aliphatic carbocycles. The Balaban J connectivity index is 2.14. The van der Waals surface area contributed by atoms with Crippen LogP contribution in [0.5, 0.6) is 0 Å². The second-order valence-electron chi connectivity index (χ2n) is 3.89. The molecule has 0 radical (unpaired) electrons. The summed E-state index contributed by atoms with van der Waals surface area (Å²) in [5.41, 5.74) is 7.60. The summed E-state index contributed by atoms with van der Waals surface area (Å²) < 4.78 is 11.7. The van der Waals surface area contributed by atoms with Gasteiger partial charge in [-0.3, -0.25) is 0 Å². The summed E-state index contributed by atoms with van der Waals surface area (Å²) in [4.78, 5) is 2.16. The van der Waals surface area contributed by atoms with Crippen molar-refractivity contribution in [2.75, 3.05) is 37.9 Å². The molecule has 1 aliphatic heterocycles. The Labute approximate surface area is 103 Å². The molecule has 1 saturated heterocycles. The minimum atomic E-state index is -0.468. The zero-order valence-electron chi connectivity index (χ0n) is 9.37. The van der Waals surface area contributed by atoms with Crippen molar-refractivity contribution in [2.45, 2.75) is 5.79 Å². The Morgan fingerprint density at radius 3 is 2.50 bits per heavy atom. The minimum absolute atomic E-state index is 0.468. The Bertz CT molecular complexity index is 386. The van der Waals surface area contributed by atoms with Gasteiger partial charge in [-0.05, 0) is 34.1 Å². The van der Waals surface area contributed by atoms with Crippen molar-refractivity contribution in [3.63, 3.8) is 0 Å². The second-order valence-corrected chi connectivity index (χ2v) is 4.74. The summed E-state index contributed by atoms with van der Waals surface area (Å²) in [6.07, 6.45) is 0. The van der Waals surface area contributed by atoms with Gasteiger partial charge in [-0.1, -0.05) is 0 Å². The van der Waals surface area contributed by atoms with E-state index in [1.54, 1.807) is 14.2 Å².